The topological polar surface area (TPSA) is 91.8 Å². The Bertz CT molecular complexity index is 948. The standard InChI is InChI=1S/C18H20FN7O/c19-14-3-1-13(2-4-14)11-21-18(27)25-9-7-24(8-10-25)15-5-6-16-22-17(20)23-26(16)12-15/h1-6,12H,7-11H2,(H2,20,23)(H,21,27). The Labute approximate surface area is 155 Å². The van der Waals surface area contributed by atoms with E-state index in [2.05, 4.69) is 20.3 Å². The molecule has 3 aromatic rings. The highest BCUT2D eigenvalue weighted by Gasteiger charge is 2.21. The molecule has 140 valence electrons. The third-order valence-electron chi connectivity index (χ3n) is 4.62. The number of anilines is 2. The van der Waals surface area contributed by atoms with Crippen LogP contribution in [0.2, 0.25) is 0 Å². The number of pyridine rings is 1. The van der Waals surface area contributed by atoms with Gasteiger partial charge in [0.25, 0.3) is 0 Å². The predicted octanol–water partition coefficient (Wildman–Crippen LogP) is 1.48. The van der Waals surface area contributed by atoms with Crippen molar-refractivity contribution < 1.29 is 9.18 Å². The number of hydrogen-bond acceptors (Lipinski definition) is 5. The van der Waals surface area contributed by atoms with E-state index in [4.69, 9.17) is 5.73 Å². The number of carbonyl (C=O) groups is 1. The Balaban J connectivity index is 1.32. The summed E-state index contributed by atoms with van der Waals surface area (Å²) in [6.07, 6.45) is 1.89. The summed E-state index contributed by atoms with van der Waals surface area (Å²) in [5.41, 5.74) is 8.20. The van der Waals surface area contributed by atoms with Gasteiger partial charge in [0.1, 0.15) is 5.82 Å². The van der Waals surface area contributed by atoms with Crippen LogP contribution in [0.1, 0.15) is 5.56 Å². The maximum absolute atomic E-state index is 12.9. The van der Waals surface area contributed by atoms with Crippen LogP contribution in [0.4, 0.5) is 20.8 Å². The van der Waals surface area contributed by atoms with Gasteiger partial charge in [0.2, 0.25) is 5.95 Å². The third kappa shape index (κ3) is 3.76. The van der Waals surface area contributed by atoms with Crippen LogP contribution < -0.4 is 16.0 Å². The first-order chi connectivity index (χ1) is 13.1. The van der Waals surface area contributed by atoms with Crippen molar-refractivity contribution in [2.24, 2.45) is 0 Å². The first-order valence-electron chi connectivity index (χ1n) is 8.72. The first kappa shape index (κ1) is 17.1. The smallest absolute Gasteiger partial charge is 0.317 e. The maximum atomic E-state index is 12.9. The zero-order valence-corrected chi connectivity index (χ0v) is 14.7. The lowest BCUT2D eigenvalue weighted by Crippen LogP contribution is -2.51. The summed E-state index contributed by atoms with van der Waals surface area (Å²) in [6, 6.07) is 9.85. The molecule has 3 heterocycles. The fourth-order valence-electron chi connectivity index (χ4n) is 3.14. The van der Waals surface area contributed by atoms with Gasteiger partial charge in [-0.1, -0.05) is 12.1 Å². The Morgan fingerprint density at radius 3 is 2.59 bits per heavy atom. The van der Waals surface area contributed by atoms with Crippen LogP contribution in [-0.2, 0) is 6.54 Å². The van der Waals surface area contributed by atoms with E-state index in [1.54, 1.807) is 21.5 Å². The van der Waals surface area contributed by atoms with Crippen molar-refractivity contribution in [3.8, 4) is 0 Å². The Morgan fingerprint density at radius 1 is 1.11 bits per heavy atom. The van der Waals surface area contributed by atoms with Crippen molar-refractivity contribution >= 4 is 23.3 Å². The summed E-state index contributed by atoms with van der Waals surface area (Å²) < 4.78 is 14.6. The van der Waals surface area contributed by atoms with E-state index in [0.29, 0.717) is 25.3 Å². The van der Waals surface area contributed by atoms with Gasteiger partial charge >= 0.3 is 6.03 Å². The van der Waals surface area contributed by atoms with E-state index in [9.17, 15) is 9.18 Å². The molecule has 0 saturated carbocycles. The minimum absolute atomic E-state index is 0.113. The monoisotopic (exact) mass is 369 g/mol. The molecule has 1 aromatic carbocycles. The van der Waals surface area contributed by atoms with Crippen molar-refractivity contribution in [3.63, 3.8) is 0 Å². The van der Waals surface area contributed by atoms with Gasteiger partial charge in [-0.2, -0.15) is 4.98 Å². The van der Waals surface area contributed by atoms with Gasteiger partial charge in [-0.3, -0.25) is 0 Å². The minimum Gasteiger partial charge on any atom is -0.367 e. The molecule has 9 heteroatoms. The van der Waals surface area contributed by atoms with Crippen LogP contribution in [0, 0.1) is 5.82 Å². The average Bonchev–Trinajstić information content (AvgIpc) is 3.06. The Morgan fingerprint density at radius 2 is 1.85 bits per heavy atom. The van der Waals surface area contributed by atoms with Crippen molar-refractivity contribution in [1.82, 2.24) is 24.8 Å². The quantitative estimate of drug-likeness (QED) is 0.730. The summed E-state index contributed by atoms with van der Waals surface area (Å²) in [5, 5.41) is 7.01. The number of nitrogen functional groups attached to an aromatic ring is 1. The number of halogens is 1. The Hall–Kier alpha value is -3.36. The van der Waals surface area contributed by atoms with E-state index in [-0.39, 0.29) is 17.8 Å². The fourth-order valence-corrected chi connectivity index (χ4v) is 3.14. The summed E-state index contributed by atoms with van der Waals surface area (Å²) in [7, 11) is 0. The highest BCUT2D eigenvalue weighted by atomic mass is 19.1. The van der Waals surface area contributed by atoms with E-state index in [1.807, 2.05) is 18.3 Å². The van der Waals surface area contributed by atoms with E-state index in [1.165, 1.54) is 12.1 Å². The number of urea groups is 1. The number of nitrogens with two attached hydrogens (primary N) is 1. The minimum atomic E-state index is -0.284. The molecular formula is C18H20FN7O. The molecule has 1 aliphatic heterocycles. The molecule has 3 N–H and O–H groups in total. The molecular weight excluding hydrogens is 349 g/mol. The molecule has 0 bridgehead atoms. The second-order valence-electron chi connectivity index (χ2n) is 6.42. The van der Waals surface area contributed by atoms with Gasteiger partial charge in [-0.15, -0.1) is 5.10 Å². The van der Waals surface area contributed by atoms with Gasteiger partial charge < -0.3 is 20.9 Å². The van der Waals surface area contributed by atoms with Crippen LogP contribution in [0.3, 0.4) is 0 Å². The third-order valence-corrected chi connectivity index (χ3v) is 4.62. The number of hydrogen-bond donors (Lipinski definition) is 2. The lowest BCUT2D eigenvalue weighted by molar-refractivity contribution is 0.194. The van der Waals surface area contributed by atoms with Gasteiger partial charge in [0.15, 0.2) is 5.65 Å². The van der Waals surface area contributed by atoms with Crippen molar-refractivity contribution in [2.45, 2.75) is 6.54 Å². The van der Waals surface area contributed by atoms with Gasteiger partial charge in [-0.25, -0.2) is 13.7 Å². The van der Waals surface area contributed by atoms with E-state index >= 15 is 0 Å². The summed E-state index contributed by atoms with van der Waals surface area (Å²) >= 11 is 0. The zero-order chi connectivity index (χ0) is 18.8. The summed E-state index contributed by atoms with van der Waals surface area (Å²) in [5.74, 6) is -0.0391. The second kappa shape index (κ2) is 7.10. The molecule has 4 rings (SSSR count). The summed E-state index contributed by atoms with van der Waals surface area (Å²) in [4.78, 5) is 20.4. The normalized spacial score (nSPS) is 14.6. The van der Waals surface area contributed by atoms with Gasteiger partial charge in [0.05, 0.1) is 11.9 Å². The maximum Gasteiger partial charge on any atom is 0.317 e. The number of nitrogens with zero attached hydrogens (tertiary/aromatic N) is 5. The molecule has 2 amide bonds. The molecule has 27 heavy (non-hydrogen) atoms. The summed E-state index contributed by atoms with van der Waals surface area (Å²) in [6.45, 7) is 3.06. The first-order valence-corrected chi connectivity index (χ1v) is 8.72. The van der Waals surface area contributed by atoms with Crippen LogP contribution in [-0.4, -0.2) is 51.7 Å². The van der Waals surface area contributed by atoms with Crippen molar-refractivity contribution in [3.05, 3.63) is 54.0 Å². The highest BCUT2D eigenvalue weighted by molar-refractivity contribution is 5.74. The van der Waals surface area contributed by atoms with Crippen LogP contribution in [0.5, 0.6) is 0 Å². The number of fused-ring (bicyclic) bond motifs is 1. The number of rotatable bonds is 3. The van der Waals surface area contributed by atoms with Crippen molar-refractivity contribution in [2.75, 3.05) is 36.8 Å². The average molecular weight is 369 g/mol. The molecule has 2 aromatic heterocycles. The molecule has 1 aliphatic rings. The lowest BCUT2D eigenvalue weighted by Gasteiger charge is -2.36. The second-order valence-corrected chi connectivity index (χ2v) is 6.42. The zero-order valence-electron chi connectivity index (χ0n) is 14.7. The van der Waals surface area contributed by atoms with Gasteiger partial charge in [0, 0.05) is 32.7 Å². The van der Waals surface area contributed by atoms with Crippen molar-refractivity contribution in [1.29, 1.82) is 0 Å². The molecule has 8 nitrogen and oxygen atoms in total. The highest BCUT2D eigenvalue weighted by Crippen LogP contribution is 2.17. The van der Waals surface area contributed by atoms with E-state index in [0.717, 1.165) is 24.3 Å². The molecule has 0 atom stereocenters. The molecule has 1 saturated heterocycles. The predicted molar refractivity (Wildman–Crippen MR) is 99.8 cm³/mol. The molecule has 1 fully saturated rings. The van der Waals surface area contributed by atoms with Crippen LogP contribution in [0.15, 0.2) is 42.6 Å². The molecule has 0 unspecified atom stereocenters. The number of aromatic nitrogens is 3. The Kier molecular flexibility index (Phi) is 4.49. The lowest BCUT2D eigenvalue weighted by atomic mass is 10.2. The van der Waals surface area contributed by atoms with Gasteiger partial charge in [-0.05, 0) is 29.8 Å². The molecule has 0 spiro atoms. The number of benzene rings is 1. The molecule has 0 aliphatic carbocycles. The van der Waals surface area contributed by atoms with Crippen LogP contribution >= 0.6 is 0 Å². The number of amides is 2. The molecule has 0 radical (unpaired) electrons. The van der Waals surface area contributed by atoms with E-state index < -0.39 is 0 Å². The number of carbonyl (C=O) groups excluding carboxylic acids is 1. The van der Waals surface area contributed by atoms with Crippen LogP contribution in [0.25, 0.3) is 5.65 Å². The fraction of sp³-hybridized carbons (Fsp3) is 0.278. The SMILES string of the molecule is Nc1nc2ccc(N3CCN(C(=O)NCc4ccc(F)cc4)CC3)cn2n1. The largest absolute Gasteiger partial charge is 0.367 e. The number of nitrogens with one attached hydrogen (secondary N) is 1. The number of piperazine rings is 1.